The molecule has 0 aliphatic carbocycles. The molecule has 0 spiro atoms. The Hall–Kier alpha value is -3.67. The lowest BCUT2D eigenvalue weighted by molar-refractivity contribution is -0.139. The van der Waals surface area contributed by atoms with Gasteiger partial charge in [0.1, 0.15) is 24.2 Å². The second kappa shape index (κ2) is 9.50. The molecule has 0 aromatic heterocycles. The highest BCUT2D eigenvalue weighted by molar-refractivity contribution is 5.96. The summed E-state index contributed by atoms with van der Waals surface area (Å²) in [5, 5.41) is 11.8. The second-order valence-corrected chi connectivity index (χ2v) is 6.47. The van der Waals surface area contributed by atoms with Crippen molar-refractivity contribution in [2.24, 2.45) is 0 Å². The number of carbonyl (C=O) groups is 2. The Kier molecular flexibility index (Phi) is 6.58. The largest absolute Gasteiger partial charge is 0.489 e. The van der Waals surface area contributed by atoms with Crippen LogP contribution in [-0.4, -0.2) is 23.0 Å². The van der Waals surface area contributed by atoms with Gasteiger partial charge in [0.25, 0.3) is 5.91 Å². The van der Waals surface area contributed by atoms with E-state index in [2.05, 4.69) is 5.32 Å². The first kappa shape index (κ1) is 20.1. The fourth-order valence-corrected chi connectivity index (χ4v) is 2.78. The molecule has 3 aromatic carbocycles. The molecule has 0 saturated heterocycles. The van der Waals surface area contributed by atoms with E-state index >= 15 is 0 Å². The molecule has 0 unspecified atom stereocenters. The van der Waals surface area contributed by atoms with Gasteiger partial charge in [-0.25, -0.2) is 9.18 Å². The van der Waals surface area contributed by atoms with Crippen molar-refractivity contribution in [3.05, 3.63) is 101 Å². The first-order valence-electron chi connectivity index (χ1n) is 9.07. The number of benzene rings is 3. The minimum Gasteiger partial charge on any atom is -0.489 e. The monoisotopic (exact) mass is 393 g/mol. The third-order valence-electron chi connectivity index (χ3n) is 4.33. The Morgan fingerprint density at radius 2 is 1.55 bits per heavy atom. The highest BCUT2D eigenvalue weighted by Crippen LogP contribution is 2.16. The molecule has 0 aliphatic rings. The highest BCUT2D eigenvalue weighted by atomic mass is 19.1. The summed E-state index contributed by atoms with van der Waals surface area (Å²) in [4.78, 5) is 23.8. The van der Waals surface area contributed by atoms with Gasteiger partial charge in [-0.1, -0.05) is 54.6 Å². The summed E-state index contributed by atoms with van der Waals surface area (Å²) in [6.45, 7) is 0.427. The number of carboxylic acids is 1. The number of amides is 1. The van der Waals surface area contributed by atoms with E-state index < -0.39 is 23.7 Å². The van der Waals surface area contributed by atoms with Crippen LogP contribution in [0.5, 0.6) is 5.75 Å². The van der Waals surface area contributed by atoms with Crippen LogP contribution >= 0.6 is 0 Å². The molecule has 5 nitrogen and oxygen atoms in total. The highest BCUT2D eigenvalue weighted by Gasteiger charge is 2.22. The molecule has 0 aliphatic heterocycles. The van der Waals surface area contributed by atoms with Crippen LogP contribution in [0.3, 0.4) is 0 Å². The van der Waals surface area contributed by atoms with Crippen molar-refractivity contribution in [2.75, 3.05) is 0 Å². The Bertz CT molecular complexity index is 974. The molecule has 148 valence electrons. The molecule has 0 radical (unpaired) electrons. The minimum atomic E-state index is -1.20. The third-order valence-corrected chi connectivity index (χ3v) is 4.33. The van der Waals surface area contributed by atoms with Crippen molar-refractivity contribution in [1.29, 1.82) is 0 Å². The summed E-state index contributed by atoms with van der Waals surface area (Å²) < 4.78 is 19.4. The van der Waals surface area contributed by atoms with Crippen LogP contribution in [-0.2, 0) is 17.8 Å². The van der Waals surface area contributed by atoms with Gasteiger partial charge in [-0.05, 0) is 35.4 Å². The maximum absolute atomic E-state index is 13.7. The molecule has 3 aromatic rings. The van der Waals surface area contributed by atoms with Gasteiger partial charge in [0.2, 0.25) is 0 Å². The smallest absolute Gasteiger partial charge is 0.326 e. The fraction of sp³-hybridized carbons (Fsp3) is 0.130. The van der Waals surface area contributed by atoms with E-state index in [0.29, 0.717) is 17.9 Å². The number of aliphatic carboxylic acids is 1. The molecule has 0 saturated carbocycles. The van der Waals surface area contributed by atoms with Crippen LogP contribution in [0.25, 0.3) is 0 Å². The van der Waals surface area contributed by atoms with Crippen LogP contribution in [0.1, 0.15) is 21.5 Å². The lowest BCUT2D eigenvalue weighted by Crippen LogP contribution is -2.42. The van der Waals surface area contributed by atoms with Gasteiger partial charge < -0.3 is 15.2 Å². The molecule has 29 heavy (non-hydrogen) atoms. The second-order valence-electron chi connectivity index (χ2n) is 6.47. The Balaban J connectivity index is 1.61. The third kappa shape index (κ3) is 5.65. The van der Waals surface area contributed by atoms with E-state index in [1.54, 1.807) is 24.3 Å². The molecule has 6 heteroatoms. The Morgan fingerprint density at radius 3 is 2.21 bits per heavy atom. The maximum atomic E-state index is 13.7. The summed E-state index contributed by atoms with van der Waals surface area (Å²) in [5.74, 6) is -2.01. The van der Waals surface area contributed by atoms with E-state index in [1.807, 2.05) is 30.3 Å². The van der Waals surface area contributed by atoms with Crippen molar-refractivity contribution in [3.8, 4) is 5.75 Å². The zero-order chi connectivity index (χ0) is 20.6. The van der Waals surface area contributed by atoms with E-state index in [1.165, 1.54) is 18.2 Å². The van der Waals surface area contributed by atoms with Crippen molar-refractivity contribution < 1.29 is 23.8 Å². The predicted octanol–water partition coefficient (Wildman–Crippen LogP) is 3.83. The van der Waals surface area contributed by atoms with Crippen molar-refractivity contribution in [1.82, 2.24) is 5.32 Å². The van der Waals surface area contributed by atoms with E-state index in [4.69, 9.17) is 4.74 Å². The topological polar surface area (TPSA) is 75.6 Å². The molecule has 0 bridgehead atoms. The SMILES string of the molecule is O=C(N[C@@H](Cc1ccc(OCc2ccccc2)cc1)C(=O)O)c1ccccc1F. The quantitative estimate of drug-likeness (QED) is 0.610. The van der Waals surface area contributed by atoms with Gasteiger partial charge in [0.15, 0.2) is 0 Å². The lowest BCUT2D eigenvalue weighted by Gasteiger charge is -2.15. The van der Waals surface area contributed by atoms with Crippen molar-refractivity contribution in [2.45, 2.75) is 19.1 Å². The van der Waals surface area contributed by atoms with Crippen molar-refractivity contribution in [3.63, 3.8) is 0 Å². The number of rotatable bonds is 8. The molecule has 2 N–H and O–H groups in total. The average molecular weight is 393 g/mol. The minimum absolute atomic E-state index is 0.0640. The predicted molar refractivity (Wildman–Crippen MR) is 106 cm³/mol. The Morgan fingerprint density at radius 1 is 0.897 bits per heavy atom. The zero-order valence-corrected chi connectivity index (χ0v) is 15.5. The number of hydrogen-bond donors (Lipinski definition) is 2. The number of ether oxygens (including phenoxy) is 1. The maximum Gasteiger partial charge on any atom is 0.326 e. The molecule has 1 atom stereocenters. The Labute approximate surface area is 167 Å². The summed E-state index contributed by atoms with van der Waals surface area (Å²) in [6.07, 6.45) is 0.0640. The van der Waals surface area contributed by atoms with Crippen LogP contribution in [0.2, 0.25) is 0 Å². The van der Waals surface area contributed by atoms with Gasteiger partial charge in [-0.2, -0.15) is 0 Å². The van der Waals surface area contributed by atoms with E-state index in [9.17, 15) is 19.1 Å². The molecule has 0 fully saturated rings. The lowest BCUT2D eigenvalue weighted by atomic mass is 10.0. The van der Waals surface area contributed by atoms with E-state index in [0.717, 1.165) is 11.6 Å². The normalized spacial score (nSPS) is 11.5. The summed E-state index contributed by atoms with van der Waals surface area (Å²) in [5.41, 5.74) is 1.56. The fourth-order valence-electron chi connectivity index (χ4n) is 2.78. The van der Waals surface area contributed by atoms with E-state index in [-0.39, 0.29) is 12.0 Å². The summed E-state index contributed by atoms with van der Waals surface area (Å²) >= 11 is 0. The molecule has 0 heterocycles. The summed E-state index contributed by atoms with van der Waals surface area (Å²) in [7, 11) is 0. The number of carboxylic acid groups (broad SMARTS) is 1. The van der Waals surface area contributed by atoms with Crippen LogP contribution < -0.4 is 10.1 Å². The van der Waals surface area contributed by atoms with Crippen molar-refractivity contribution >= 4 is 11.9 Å². The average Bonchev–Trinajstić information content (AvgIpc) is 2.73. The summed E-state index contributed by atoms with van der Waals surface area (Å²) in [6, 6.07) is 21.0. The number of hydrogen-bond acceptors (Lipinski definition) is 3. The number of halogens is 1. The van der Waals surface area contributed by atoms with Gasteiger partial charge in [-0.15, -0.1) is 0 Å². The molecule has 3 rings (SSSR count). The van der Waals surface area contributed by atoms with Gasteiger partial charge in [0.05, 0.1) is 5.56 Å². The van der Waals surface area contributed by atoms with Crippen LogP contribution in [0.4, 0.5) is 4.39 Å². The van der Waals surface area contributed by atoms with Gasteiger partial charge >= 0.3 is 5.97 Å². The first-order valence-corrected chi connectivity index (χ1v) is 9.07. The standard InChI is InChI=1S/C23H20FNO4/c24-20-9-5-4-8-19(20)22(26)25-21(23(27)28)14-16-10-12-18(13-11-16)29-15-17-6-2-1-3-7-17/h1-13,21H,14-15H2,(H,25,26)(H,27,28)/t21-/m0/s1. The zero-order valence-electron chi connectivity index (χ0n) is 15.5. The molecular formula is C23H20FNO4. The number of carbonyl (C=O) groups excluding carboxylic acids is 1. The van der Waals surface area contributed by atoms with Gasteiger partial charge in [0, 0.05) is 6.42 Å². The molecule has 1 amide bonds. The van der Waals surface area contributed by atoms with Gasteiger partial charge in [-0.3, -0.25) is 4.79 Å². The first-order chi connectivity index (χ1) is 14.0. The van der Waals surface area contributed by atoms with Crippen LogP contribution in [0, 0.1) is 5.82 Å². The van der Waals surface area contributed by atoms with Crippen LogP contribution in [0.15, 0.2) is 78.9 Å². The number of nitrogens with one attached hydrogen (secondary N) is 1. The molecular weight excluding hydrogens is 373 g/mol.